The van der Waals surface area contributed by atoms with Crippen LogP contribution < -0.4 is 10.6 Å². The molecular formula is C17H30N4. The van der Waals surface area contributed by atoms with Crippen molar-refractivity contribution in [2.75, 3.05) is 17.2 Å². The van der Waals surface area contributed by atoms with Gasteiger partial charge in [0.05, 0.1) is 0 Å². The Hall–Kier alpha value is -1.32. The zero-order valence-corrected chi connectivity index (χ0v) is 14.2. The average molecular weight is 290 g/mol. The summed E-state index contributed by atoms with van der Waals surface area (Å²) in [6.45, 7) is 11.6. The summed E-state index contributed by atoms with van der Waals surface area (Å²) in [6.07, 6.45) is 5.22. The van der Waals surface area contributed by atoms with Crippen LogP contribution >= 0.6 is 0 Å². The van der Waals surface area contributed by atoms with Crippen LogP contribution in [-0.2, 0) is 0 Å². The lowest BCUT2D eigenvalue weighted by molar-refractivity contribution is 0.583. The van der Waals surface area contributed by atoms with Crippen LogP contribution in [0.15, 0.2) is 0 Å². The van der Waals surface area contributed by atoms with Crippen molar-refractivity contribution >= 4 is 11.6 Å². The maximum absolute atomic E-state index is 4.77. The Morgan fingerprint density at radius 2 is 1.81 bits per heavy atom. The minimum atomic E-state index is 0.340. The first-order valence-corrected chi connectivity index (χ1v) is 8.44. The lowest BCUT2D eigenvalue weighted by Crippen LogP contribution is -2.22. The van der Waals surface area contributed by atoms with Crippen LogP contribution in [0, 0.1) is 12.8 Å². The fourth-order valence-electron chi connectivity index (χ4n) is 2.55. The van der Waals surface area contributed by atoms with E-state index in [1.807, 2.05) is 0 Å². The monoisotopic (exact) mass is 290 g/mol. The summed E-state index contributed by atoms with van der Waals surface area (Å²) in [5, 5.41) is 7.04. The van der Waals surface area contributed by atoms with Gasteiger partial charge in [-0.1, -0.05) is 33.6 Å². The normalized spacial score (nSPS) is 16.1. The highest BCUT2D eigenvalue weighted by Gasteiger charge is 2.25. The van der Waals surface area contributed by atoms with Crippen molar-refractivity contribution < 1.29 is 0 Å². The molecule has 1 unspecified atom stereocenters. The average Bonchev–Trinajstić information content (AvgIpc) is 3.26. The molecule has 4 heteroatoms. The molecule has 118 valence electrons. The molecular weight excluding hydrogens is 260 g/mol. The molecule has 1 aromatic heterocycles. The number of hydrogen-bond acceptors (Lipinski definition) is 4. The summed E-state index contributed by atoms with van der Waals surface area (Å²) in [5.41, 5.74) is 1.13. The molecule has 0 aliphatic heterocycles. The smallest absolute Gasteiger partial charge is 0.135 e. The summed E-state index contributed by atoms with van der Waals surface area (Å²) in [7, 11) is 0. The standard InChI is InChI=1S/C17H30N4/c1-6-14(10-13-8-9-13)19-17-12(5)16(18-7-2)20-15(21-17)11(3)4/h11,13-14H,6-10H2,1-5H3,(H2,18,19,20,21). The second-order valence-corrected chi connectivity index (χ2v) is 6.52. The van der Waals surface area contributed by atoms with Crippen LogP contribution in [0.2, 0.25) is 0 Å². The zero-order valence-electron chi connectivity index (χ0n) is 14.2. The molecule has 21 heavy (non-hydrogen) atoms. The van der Waals surface area contributed by atoms with Gasteiger partial charge in [-0.15, -0.1) is 0 Å². The molecule has 1 saturated carbocycles. The lowest BCUT2D eigenvalue weighted by atomic mass is 10.1. The van der Waals surface area contributed by atoms with E-state index in [0.717, 1.165) is 41.9 Å². The Morgan fingerprint density at radius 1 is 1.14 bits per heavy atom. The summed E-state index contributed by atoms with van der Waals surface area (Å²) in [6, 6.07) is 0.528. The Balaban J connectivity index is 2.22. The van der Waals surface area contributed by atoms with Crippen LogP contribution in [0.1, 0.15) is 70.7 Å². The first-order chi connectivity index (χ1) is 10.0. The van der Waals surface area contributed by atoms with Crippen molar-refractivity contribution in [3.63, 3.8) is 0 Å². The van der Waals surface area contributed by atoms with E-state index in [-0.39, 0.29) is 0 Å². The molecule has 1 aliphatic rings. The molecule has 0 spiro atoms. The molecule has 2 rings (SSSR count). The van der Waals surface area contributed by atoms with Gasteiger partial charge in [-0.3, -0.25) is 0 Å². The second kappa shape index (κ2) is 7.10. The molecule has 0 radical (unpaired) electrons. The van der Waals surface area contributed by atoms with Crippen LogP contribution in [0.25, 0.3) is 0 Å². The minimum Gasteiger partial charge on any atom is -0.370 e. The maximum Gasteiger partial charge on any atom is 0.135 e. The molecule has 1 aliphatic carbocycles. The minimum absolute atomic E-state index is 0.340. The fourth-order valence-corrected chi connectivity index (χ4v) is 2.55. The Morgan fingerprint density at radius 3 is 2.33 bits per heavy atom. The van der Waals surface area contributed by atoms with Crippen molar-refractivity contribution in [1.82, 2.24) is 9.97 Å². The third-order valence-electron chi connectivity index (χ3n) is 4.17. The number of aromatic nitrogens is 2. The van der Waals surface area contributed by atoms with Crippen LogP contribution in [0.5, 0.6) is 0 Å². The van der Waals surface area contributed by atoms with Crippen LogP contribution in [0.3, 0.4) is 0 Å². The van der Waals surface area contributed by atoms with E-state index in [0.29, 0.717) is 12.0 Å². The first kappa shape index (κ1) is 16.1. The summed E-state index contributed by atoms with van der Waals surface area (Å²) >= 11 is 0. The highest BCUT2D eigenvalue weighted by molar-refractivity contribution is 5.57. The van der Waals surface area contributed by atoms with Gasteiger partial charge in [-0.25, -0.2) is 9.97 Å². The van der Waals surface area contributed by atoms with Gasteiger partial charge >= 0.3 is 0 Å². The van der Waals surface area contributed by atoms with E-state index < -0.39 is 0 Å². The molecule has 4 nitrogen and oxygen atoms in total. The SMILES string of the molecule is CCNc1nc(C(C)C)nc(NC(CC)CC2CC2)c1C. The van der Waals surface area contributed by atoms with E-state index in [4.69, 9.17) is 4.98 Å². The molecule has 0 amide bonds. The quantitative estimate of drug-likeness (QED) is 0.748. The number of hydrogen-bond donors (Lipinski definition) is 2. The van der Waals surface area contributed by atoms with Gasteiger partial charge in [-0.2, -0.15) is 0 Å². The molecule has 1 fully saturated rings. The van der Waals surface area contributed by atoms with Crippen molar-refractivity contribution in [3.8, 4) is 0 Å². The van der Waals surface area contributed by atoms with Gasteiger partial charge in [0.15, 0.2) is 0 Å². The fraction of sp³-hybridized carbons (Fsp3) is 0.765. The molecule has 1 atom stereocenters. The predicted molar refractivity (Wildman–Crippen MR) is 90.1 cm³/mol. The van der Waals surface area contributed by atoms with Gasteiger partial charge in [0, 0.05) is 24.1 Å². The van der Waals surface area contributed by atoms with Gasteiger partial charge in [0.2, 0.25) is 0 Å². The van der Waals surface area contributed by atoms with E-state index in [2.05, 4.69) is 50.2 Å². The van der Waals surface area contributed by atoms with Crippen molar-refractivity contribution in [2.24, 2.45) is 5.92 Å². The lowest BCUT2D eigenvalue weighted by Gasteiger charge is -2.21. The van der Waals surface area contributed by atoms with Gasteiger partial charge in [0.1, 0.15) is 17.5 Å². The predicted octanol–water partition coefficient (Wildman–Crippen LogP) is 4.33. The molecule has 2 N–H and O–H groups in total. The van der Waals surface area contributed by atoms with E-state index in [9.17, 15) is 0 Å². The van der Waals surface area contributed by atoms with Crippen LogP contribution in [-0.4, -0.2) is 22.6 Å². The number of rotatable bonds is 8. The first-order valence-electron chi connectivity index (χ1n) is 8.44. The Labute approximate surface area is 129 Å². The van der Waals surface area contributed by atoms with E-state index in [1.54, 1.807) is 0 Å². The number of anilines is 2. The van der Waals surface area contributed by atoms with Gasteiger partial charge < -0.3 is 10.6 Å². The molecule has 1 heterocycles. The zero-order chi connectivity index (χ0) is 15.4. The van der Waals surface area contributed by atoms with Crippen molar-refractivity contribution in [1.29, 1.82) is 0 Å². The van der Waals surface area contributed by atoms with E-state index in [1.165, 1.54) is 19.3 Å². The third-order valence-corrected chi connectivity index (χ3v) is 4.17. The van der Waals surface area contributed by atoms with Crippen molar-refractivity contribution in [3.05, 3.63) is 11.4 Å². The second-order valence-electron chi connectivity index (χ2n) is 6.52. The highest BCUT2D eigenvalue weighted by Crippen LogP contribution is 2.35. The third kappa shape index (κ3) is 4.32. The van der Waals surface area contributed by atoms with Crippen LogP contribution in [0.4, 0.5) is 11.6 Å². The van der Waals surface area contributed by atoms with Gasteiger partial charge in [0.25, 0.3) is 0 Å². The largest absolute Gasteiger partial charge is 0.370 e. The van der Waals surface area contributed by atoms with Crippen molar-refractivity contribution in [2.45, 2.75) is 72.3 Å². The number of nitrogens with one attached hydrogen (secondary N) is 2. The summed E-state index contributed by atoms with van der Waals surface area (Å²) in [4.78, 5) is 9.43. The van der Waals surface area contributed by atoms with E-state index >= 15 is 0 Å². The van der Waals surface area contributed by atoms with Gasteiger partial charge in [-0.05, 0) is 32.6 Å². The Kier molecular flexibility index (Phi) is 5.43. The maximum atomic E-state index is 4.77. The molecule has 0 aromatic carbocycles. The molecule has 0 saturated heterocycles. The number of nitrogens with zero attached hydrogens (tertiary/aromatic N) is 2. The Bertz CT molecular complexity index is 466. The topological polar surface area (TPSA) is 49.8 Å². The highest BCUT2D eigenvalue weighted by atomic mass is 15.1. The summed E-state index contributed by atoms with van der Waals surface area (Å²) in [5.74, 6) is 4.17. The molecule has 0 bridgehead atoms. The molecule has 1 aromatic rings. The summed E-state index contributed by atoms with van der Waals surface area (Å²) < 4.78 is 0.